The van der Waals surface area contributed by atoms with Crippen LogP contribution in [0.2, 0.25) is 0 Å². The maximum Gasteiger partial charge on any atom is 0.310 e. The number of amides is 2. The second kappa shape index (κ2) is 9.89. The highest BCUT2D eigenvalue weighted by atomic mass is 16.5. The van der Waals surface area contributed by atoms with Gasteiger partial charge in [-0.2, -0.15) is 5.26 Å². The summed E-state index contributed by atoms with van der Waals surface area (Å²) in [5.74, 6) is -1.59. The fourth-order valence-corrected chi connectivity index (χ4v) is 0.823. The number of aliphatic hydroxyl groups is 1. The fraction of sp³-hybridized carbons (Fsp3) is 0.667. The number of rotatable bonds is 7. The highest BCUT2D eigenvalue weighted by Gasteiger charge is 2.10. The number of nitriles is 1. The van der Waals surface area contributed by atoms with Crippen LogP contribution in [0, 0.1) is 11.3 Å². The SMILES string of the molecule is N#CCNC(=O)C(=O)NCCCOCCO. The van der Waals surface area contributed by atoms with Crippen LogP contribution in [0.4, 0.5) is 0 Å². The van der Waals surface area contributed by atoms with Gasteiger partial charge in [0.2, 0.25) is 0 Å². The second-order valence-corrected chi connectivity index (χ2v) is 2.79. The van der Waals surface area contributed by atoms with Crippen molar-refractivity contribution in [1.29, 1.82) is 5.26 Å². The van der Waals surface area contributed by atoms with Crippen LogP contribution in [0.15, 0.2) is 0 Å². The van der Waals surface area contributed by atoms with Gasteiger partial charge >= 0.3 is 11.8 Å². The molecule has 0 unspecified atom stereocenters. The van der Waals surface area contributed by atoms with Gasteiger partial charge in [0, 0.05) is 13.2 Å². The van der Waals surface area contributed by atoms with E-state index in [9.17, 15) is 9.59 Å². The van der Waals surface area contributed by atoms with E-state index in [2.05, 4.69) is 10.6 Å². The van der Waals surface area contributed by atoms with Crippen molar-refractivity contribution in [2.24, 2.45) is 0 Å². The normalized spacial score (nSPS) is 9.25. The molecule has 0 atom stereocenters. The zero-order valence-electron chi connectivity index (χ0n) is 8.86. The standard InChI is InChI=1S/C9H15N3O4/c10-2-4-12-9(15)8(14)11-3-1-6-16-7-5-13/h13H,1,3-7H2,(H,11,14)(H,12,15). The van der Waals surface area contributed by atoms with E-state index in [4.69, 9.17) is 15.1 Å². The molecule has 2 amide bonds. The van der Waals surface area contributed by atoms with Crippen LogP contribution in [-0.4, -0.2) is 49.8 Å². The van der Waals surface area contributed by atoms with Gasteiger partial charge in [-0.25, -0.2) is 0 Å². The minimum atomic E-state index is -0.821. The number of aliphatic hydroxyl groups excluding tert-OH is 1. The Morgan fingerprint density at radius 2 is 1.94 bits per heavy atom. The summed E-state index contributed by atoms with van der Waals surface area (Å²) < 4.78 is 4.95. The van der Waals surface area contributed by atoms with Gasteiger partial charge in [-0.3, -0.25) is 9.59 Å². The highest BCUT2D eigenvalue weighted by Crippen LogP contribution is 1.80. The Morgan fingerprint density at radius 1 is 1.25 bits per heavy atom. The number of carbonyl (C=O) groups excluding carboxylic acids is 2. The van der Waals surface area contributed by atoms with Crippen LogP contribution < -0.4 is 10.6 Å². The minimum Gasteiger partial charge on any atom is -0.394 e. The fourth-order valence-electron chi connectivity index (χ4n) is 0.823. The van der Waals surface area contributed by atoms with Gasteiger partial charge in [-0.05, 0) is 6.42 Å². The van der Waals surface area contributed by atoms with Gasteiger partial charge in [0.25, 0.3) is 0 Å². The summed E-state index contributed by atoms with van der Waals surface area (Å²) in [5.41, 5.74) is 0. The molecule has 0 aromatic carbocycles. The van der Waals surface area contributed by atoms with Gasteiger partial charge in [-0.1, -0.05) is 0 Å². The smallest absolute Gasteiger partial charge is 0.310 e. The largest absolute Gasteiger partial charge is 0.394 e. The summed E-state index contributed by atoms with van der Waals surface area (Å²) >= 11 is 0. The first-order valence-electron chi connectivity index (χ1n) is 4.84. The summed E-state index contributed by atoms with van der Waals surface area (Å²) in [4.78, 5) is 22.0. The van der Waals surface area contributed by atoms with Crippen LogP contribution in [-0.2, 0) is 14.3 Å². The topological polar surface area (TPSA) is 111 Å². The Labute approximate surface area is 93.4 Å². The molecule has 0 aliphatic carbocycles. The predicted octanol–water partition coefficient (Wildman–Crippen LogP) is -1.86. The van der Waals surface area contributed by atoms with Crippen molar-refractivity contribution in [2.45, 2.75) is 6.42 Å². The second-order valence-electron chi connectivity index (χ2n) is 2.79. The zero-order valence-corrected chi connectivity index (χ0v) is 8.86. The van der Waals surface area contributed by atoms with Crippen molar-refractivity contribution in [1.82, 2.24) is 10.6 Å². The van der Waals surface area contributed by atoms with E-state index in [1.54, 1.807) is 6.07 Å². The number of nitrogens with zero attached hydrogens (tertiary/aromatic N) is 1. The molecule has 7 nitrogen and oxygen atoms in total. The Hall–Kier alpha value is -1.65. The average Bonchev–Trinajstić information content (AvgIpc) is 2.30. The predicted molar refractivity (Wildman–Crippen MR) is 54.2 cm³/mol. The Balaban J connectivity index is 3.43. The molecule has 0 rings (SSSR count). The third-order valence-electron chi connectivity index (χ3n) is 1.52. The van der Waals surface area contributed by atoms with Crippen LogP contribution >= 0.6 is 0 Å². The van der Waals surface area contributed by atoms with E-state index in [-0.39, 0.29) is 19.8 Å². The molecule has 16 heavy (non-hydrogen) atoms. The molecule has 0 heterocycles. The molecule has 0 spiro atoms. The molecule has 0 saturated carbocycles. The number of ether oxygens (including phenoxy) is 1. The van der Waals surface area contributed by atoms with Crippen molar-refractivity contribution < 1.29 is 19.4 Å². The van der Waals surface area contributed by atoms with E-state index in [1.165, 1.54) is 0 Å². The van der Waals surface area contributed by atoms with Crippen LogP contribution in [0.3, 0.4) is 0 Å². The molecular weight excluding hydrogens is 214 g/mol. The van der Waals surface area contributed by atoms with E-state index in [0.717, 1.165) is 0 Å². The molecule has 3 N–H and O–H groups in total. The van der Waals surface area contributed by atoms with Crippen molar-refractivity contribution in [2.75, 3.05) is 32.9 Å². The first-order valence-corrected chi connectivity index (χ1v) is 4.84. The zero-order chi connectivity index (χ0) is 12.2. The molecule has 90 valence electrons. The molecule has 0 aliphatic rings. The van der Waals surface area contributed by atoms with Gasteiger partial charge in [-0.15, -0.1) is 0 Å². The van der Waals surface area contributed by atoms with Crippen LogP contribution in [0.5, 0.6) is 0 Å². The Kier molecular flexibility index (Phi) is 8.87. The van der Waals surface area contributed by atoms with Gasteiger partial charge in [0.05, 0.1) is 19.3 Å². The van der Waals surface area contributed by atoms with Crippen molar-refractivity contribution in [3.05, 3.63) is 0 Å². The first kappa shape index (κ1) is 14.3. The molecule has 0 fully saturated rings. The number of carbonyl (C=O) groups is 2. The number of nitrogens with one attached hydrogen (secondary N) is 2. The number of hydrogen-bond acceptors (Lipinski definition) is 5. The molecule has 0 aromatic rings. The van der Waals surface area contributed by atoms with Crippen molar-refractivity contribution in [3.63, 3.8) is 0 Å². The molecule has 0 aromatic heterocycles. The molecular formula is C9H15N3O4. The van der Waals surface area contributed by atoms with Gasteiger partial charge < -0.3 is 20.5 Å². The summed E-state index contributed by atoms with van der Waals surface area (Å²) in [6, 6.07) is 1.69. The number of hydrogen-bond donors (Lipinski definition) is 3. The summed E-state index contributed by atoms with van der Waals surface area (Å²) in [5, 5.41) is 21.0. The molecule has 7 heteroatoms. The molecule has 0 bridgehead atoms. The van der Waals surface area contributed by atoms with Crippen LogP contribution in [0.1, 0.15) is 6.42 Å². The van der Waals surface area contributed by atoms with Gasteiger partial charge in [0.15, 0.2) is 0 Å². The van der Waals surface area contributed by atoms with E-state index in [0.29, 0.717) is 19.6 Å². The van der Waals surface area contributed by atoms with E-state index in [1.807, 2.05) is 0 Å². The summed E-state index contributed by atoms with van der Waals surface area (Å²) in [7, 11) is 0. The maximum atomic E-state index is 11.0. The Morgan fingerprint density at radius 3 is 2.56 bits per heavy atom. The minimum absolute atomic E-state index is 0.0388. The quantitative estimate of drug-likeness (QED) is 0.269. The summed E-state index contributed by atoms with van der Waals surface area (Å²) in [6.07, 6.45) is 0.553. The van der Waals surface area contributed by atoms with E-state index >= 15 is 0 Å². The lowest BCUT2D eigenvalue weighted by molar-refractivity contribution is -0.139. The molecule has 0 saturated heterocycles. The summed E-state index contributed by atoms with van der Waals surface area (Å²) in [6.45, 7) is 0.746. The first-order chi connectivity index (χ1) is 7.72. The van der Waals surface area contributed by atoms with E-state index < -0.39 is 11.8 Å². The van der Waals surface area contributed by atoms with Crippen LogP contribution in [0.25, 0.3) is 0 Å². The van der Waals surface area contributed by atoms with Crippen molar-refractivity contribution in [3.8, 4) is 6.07 Å². The Bertz CT molecular complexity index is 262. The molecule has 0 aliphatic heterocycles. The third-order valence-corrected chi connectivity index (χ3v) is 1.52. The molecule has 0 radical (unpaired) electrons. The maximum absolute atomic E-state index is 11.0. The van der Waals surface area contributed by atoms with Gasteiger partial charge in [0.1, 0.15) is 6.54 Å². The lowest BCUT2D eigenvalue weighted by Gasteiger charge is -2.04. The third kappa shape index (κ3) is 7.73. The van der Waals surface area contributed by atoms with Crippen molar-refractivity contribution >= 4 is 11.8 Å². The average molecular weight is 229 g/mol. The lowest BCUT2D eigenvalue weighted by Crippen LogP contribution is -2.40. The highest BCUT2D eigenvalue weighted by molar-refractivity contribution is 6.35. The monoisotopic (exact) mass is 229 g/mol. The lowest BCUT2D eigenvalue weighted by atomic mass is 10.4.